The summed E-state index contributed by atoms with van der Waals surface area (Å²) in [6.45, 7) is 6.99. The van der Waals surface area contributed by atoms with Crippen molar-refractivity contribution < 1.29 is 4.79 Å². The van der Waals surface area contributed by atoms with E-state index >= 15 is 0 Å². The number of carbonyl (C=O) groups excluding carboxylic acids is 1. The van der Waals surface area contributed by atoms with Gasteiger partial charge in [0.05, 0.1) is 16.7 Å². The zero-order valence-electron chi connectivity index (χ0n) is 17.9. The molecule has 0 aliphatic rings. The van der Waals surface area contributed by atoms with Crippen molar-refractivity contribution in [1.82, 2.24) is 9.55 Å². The third kappa shape index (κ3) is 5.11. The Kier molecular flexibility index (Phi) is 7.69. The predicted octanol–water partition coefficient (Wildman–Crippen LogP) is 5.44. The molecule has 6 heteroatoms. The quantitative estimate of drug-likeness (QED) is 0.368. The molecule has 3 rings (SSSR count). The first-order valence-corrected chi connectivity index (χ1v) is 11.5. The third-order valence-corrected chi connectivity index (χ3v) is 6.25. The number of unbranched alkanes of at least 4 members (excludes halogenated alkanes) is 1. The highest BCUT2D eigenvalue weighted by Gasteiger charge is 2.15. The normalized spacial score (nSPS) is 12.1. The molecule has 1 atom stereocenters. The molecule has 0 aliphatic carbocycles. The summed E-state index contributed by atoms with van der Waals surface area (Å²) in [4.78, 5) is 30.3. The minimum absolute atomic E-state index is 0.0425. The first-order valence-electron chi connectivity index (χ1n) is 10.6. The van der Waals surface area contributed by atoms with E-state index in [1.54, 1.807) is 10.6 Å². The summed E-state index contributed by atoms with van der Waals surface area (Å²) in [6.07, 6.45) is 2.88. The Labute approximate surface area is 181 Å². The second-order valence-electron chi connectivity index (χ2n) is 7.46. The summed E-state index contributed by atoms with van der Waals surface area (Å²) in [7, 11) is 0. The van der Waals surface area contributed by atoms with E-state index < -0.39 is 0 Å². The second-order valence-corrected chi connectivity index (χ2v) is 8.40. The molecule has 0 unspecified atom stereocenters. The number of benzene rings is 2. The number of nitrogens with zero attached hydrogens (tertiary/aromatic N) is 2. The summed E-state index contributed by atoms with van der Waals surface area (Å²) in [5.41, 5.74) is 2.62. The molecule has 2 aromatic carbocycles. The van der Waals surface area contributed by atoms with E-state index in [9.17, 15) is 9.59 Å². The van der Waals surface area contributed by atoms with Gasteiger partial charge in [0.1, 0.15) is 0 Å². The maximum absolute atomic E-state index is 13.0. The Morgan fingerprint density at radius 2 is 1.87 bits per heavy atom. The van der Waals surface area contributed by atoms with Gasteiger partial charge in [0.2, 0.25) is 5.91 Å². The van der Waals surface area contributed by atoms with E-state index in [-0.39, 0.29) is 17.2 Å². The fourth-order valence-electron chi connectivity index (χ4n) is 3.35. The lowest BCUT2D eigenvalue weighted by Crippen LogP contribution is -2.24. The molecular weight excluding hydrogens is 394 g/mol. The van der Waals surface area contributed by atoms with Crippen LogP contribution in [0.15, 0.2) is 58.5 Å². The Balaban J connectivity index is 1.80. The van der Waals surface area contributed by atoms with Gasteiger partial charge in [0, 0.05) is 12.2 Å². The van der Waals surface area contributed by atoms with Crippen molar-refractivity contribution in [1.29, 1.82) is 0 Å². The van der Waals surface area contributed by atoms with Crippen LogP contribution in [0.4, 0.5) is 5.69 Å². The van der Waals surface area contributed by atoms with Gasteiger partial charge in [-0.25, -0.2) is 4.98 Å². The van der Waals surface area contributed by atoms with Crippen molar-refractivity contribution in [2.24, 2.45) is 0 Å². The first kappa shape index (κ1) is 22.1. The molecule has 0 radical (unpaired) electrons. The zero-order chi connectivity index (χ0) is 21.5. The van der Waals surface area contributed by atoms with E-state index in [0.717, 1.165) is 30.5 Å². The number of para-hydroxylation sites is 2. The van der Waals surface area contributed by atoms with Gasteiger partial charge in [-0.3, -0.25) is 14.2 Å². The highest BCUT2D eigenvalue weighted by molar-refractivity contribution is 7.99. The topological polar surface area (TPSA) is 64.0 Å². The molecule has 0 saturated carbocycles. The van der Waals surface area contributed by atoms with Gasteiger partial charge < -0.3 is 5.32 Å². The number of carbonyl (C=O) groups is 1. The van der Waals surface area contributed by atoms with Crippen LogP contribution in [0, 0.1) is 0 Å². The van der Waals surface area contributed by atoms with Crippen molar-refractivity contribution in [2.45, 2.75) is 57.7 Å². The predicted molar refractivity (Wildman–Crippen MR) is 125 cm³/mol. The Morgan fingerprint density at radius 3 is 2.63 bits per heavy atom. The zero-order valence-corrected chi connectivity index (χ0v) is 18.7. The molecule has 1 heterocycles. The number of thioether (sulfide) groups is 1. The molecule has 158 valence electrons. The Bertz CT molecular complexity index is 1080. The molecule has 0 bridgehead atoms. The van der Waals surface area contributed by atoms with E-state index in [4.69, 9.17) is 0 Å². The first-order chi connectivity index (χ1) is 14.5. The van der Waals surface area contributed by atoms with Gasteiger partial charge in [-0.2, -0.15) is 0 Å². The van der Waals surface area contributed by atoms with Crippen LogP contribution in [0.2, 0.25) is 0 Å². The van der Waals surface area contributed by atoms with Gasteiger partial charge in [0.15, 0.2) is 5.16 Å². The standard InChI is InChI=1S/C24H29N3O2S/c1-4-6-15-27-23(29)19-12-8-10-14-21(19)26-24(27)30-16-22(28)25-20-13-9-7-11-18(20)17(3)5-2/h7-14,17H,4-6,15-16H2,1-3H3,(H,25,28)/t17-/m1/s1. The van der Waals surface area contributed by atoms with Crippen LogP contribution >= 0.6 is 11.8 Å². The van der Waals surface area contributed by atoms with E-state index in [2.05, 4.69) is 37.1 Å². The summed E-state index contributed by atoms with van der Waals surface area (Å²) in [5.74, 6) is 0.474. The molecule has 5 nitrogen and oxygen atoms in total. The fraction of sp³-hybridized carbons (Fsp3) is 0.375. The van der Waals surface area contributed by atoms with Crippen LogP contribution in [0.1, 0.15) is 51.5 Å². The van der Waals surface area contributed by atoms with E-state index in [0.29, 0.717) is 28.5 Å². The number of fused-ring (bicyclic) bond motifs is 1. The van der Waals surface area contributed by atoms with Gasteiger partial charge in [0.25, 0.3) is 5.56 Å². The van der Waals surface area contributed by atoms with Gasteiger partial charge >= 0.3 is 0 Å². The molecule has 0 fully saturated rings. The lowest BCUT2D eigenvalue weighted by atomic mass is 9.97. The van der Waals surface area contributed by atoms with Crippen molar-refractivity contribution in [3.05, 3.63) is 64.4 Å². The number of amides is 1. The SMILES string of the molecule is CCCCn1c(SCC(=O)Nc2ccccc2[C@H](C)CC)nc2ccccc2c1=O. The largest absolute Gasteiger partial charge is 0.325 e. The summed E-state index contributed by atoms with van der Waals surface area (Å²) < 4.78 is 1.71. The molecule has 1 amide bonds. The lowest BCUT2D eigenvalue weighted by Gasteiger charge is -2.16. The van der Waals surface area contributed by atoms with Crippen molar-refractivity contribution >= 4 is 34.3 Å². The van der Waals surface area contributed by atoms with Gasteiger partial charge in [-0.15, -0.1) is 0 Å². The fourth-order valence-corrected chi connectivity index (χ4v) is 4.17. The molecule has 3 aromatic rings. The van der Waals surface area contributed by atoms with Gasteiger partial charge in [-0.1, -0.05) is 69.3 Å². The molecule has 0 saturated heterocycles. The van der Waals surface area contributed by atoms with Crippen LogP contribution in [-0.2, 0) is 11.3 Å². The summed E-state index contributed by atoms with van der Waals surface area (Å²) in [5, 5.41) is 4.25. The second kappa shape index (κ2) is 10.4. The average molecular weight is 424 g/mol. The molecular formula is C24H29N3O2S. The highest BCUT2D eigenvalue weighted by Crippen LogP contribution is 2.27. The smallest absolute Gasteiger partial charge is 0.262 e. The summed E-state index contributed by atoms with van der Waals surface area (Å²) >= 11 is 1.31. The van der Waals surface area contributed by atoms with Crippen LogP contribution in [-0.4, -0.2) is 21.2 Å². The monoisotopic (exact) mass is 423 g/mol. The number of anilines is 1. The number of nitrogens with one attached hydrogen (secondary N) is 1. The van der Waals surface area contributed by atoms with Crippen molar-refractivity contribution in [3.63, 3.8) is 0 Å². The molecule has 1 N–H and O–H groups in total. The van der Waals surface area contributed by atoms with Crippen LogP contribution in [0.5, 0.6) is 0 Å². The maximum atomic E-state index is 13.0. The minimum Gasteiger partial charge on any atom is -0.325 e. The summed E-state index contributed by atoms with van der Waals surface area (Å²) in [6, 6.07) is 15.3. The highest BCUT2D eigenvalue weighted by atomic mass is 32.2. The maximum Gasteiger partial charge on any atom is 0.262 e. The third-order valence-electron chi connectivity index (χ3n) is 5.27. The Hall–Kier alpha value is -2.60. The lowest BCUT2D eigenvalue weighted by molar-refractivity contribution is -0.113. The van der Waals surface area contributed by atoms with Crippen LogP contribution < -0.4 is 10.9 Å². The average Bonchev–Trinajstić information content (AvgIpc) is 2.77. The van der Waals surface area contributed by atoms with Crippen molar-refractivity contribution in [2.75, 3.05) is 11.1 Å². The van der Waals surface area contributed by atoms with E-state index in [1.807, 2.05) is 36.4 Å². The minimum atomic E-state index is -0.0970. The molecule has 1 aromatic heterocycles. The number of aromatic nitrogens is 2. The molecule has 30 heavy (non-hydrogen) atoms. The molecule has 0 aliphatic heterocycles. The van der Waals surface area contributed by atoms with Crippen LogP contribution in [0.3, 0.4) is 0 Å². The van der Waals surface area contributed by atoms with Gasteiger partial charge in [-0.05, 0) is 42.5 Å². The number of hydrogen-bond acceptors (Lipinski definition) is 4. The molecule has 0 spiro atoms. The number of rotatable bonds is 9. The van der Waals surface area contributed by atoms with Crippen molar-refractivity contribution in [3.8, 4) is 0 Å². The Morgan fingerprint density at radius 1 is 1.13 bits per heavy atom. The van der Waals surface area contributed by atoms with Crippen LogP contribution in [0.25, 0.3) is 10.9 Å². The number of hydrogen-bond donors (Lipinski definition) is 1. The van der Waals surface area contributed by atoms with E-state index in [1.165, 1.54) is 11.8 Å².